The SMILES string of the molecule is CCCOc1cccc(C2C3C(NNC3c3ccccc3O)C(=O)N2CCCOCC)c1. The first-order valence-corrected chi connectivity index (χ1v) is 11.6. The molecule has 4 unspecified atom stereocenters. The number of aromatic hydroxyl groups is 1. The van der Waals surface area contributed by atoms with E-state index < -0.39 is 0 Å². The standard InChI is InChI=1S/C25H33N3O4/c1-3-14-32-18-10-7-9-17(16-18)24-21-22(19-11-5-6-12-20(19)29)26-27-23(21)25(30)28(24)13-8-15-31-4-2/h5-7,9-12,16,21-24,26-27,29H,3-4,8,13-15H2,1-2H3. The Bertz CT molecular complexity index is 922. The molecule has 2 aliphatic heterocycles. The van der Waals surface area contributed by atoms with Gasteiger partial charge in [0.2, 0.25) is 5.91 Å². The number of hydrazine groups is 1. The number of likely N-dealkylation sites (tertiary alicyclic amines) is 1. The molecule has 2 saturated heterocycles. The molecule has 0 saturated carbocycles. The van der Waals surface area contributed by atoms with E-state index in [2.05, 4.69) is 23.8 Å². The Balaban J connectivity index is 1.68. The van der Waals surface area contributed by atoms with Crippen molar-refractivity contribution in [3.8, 4) is 11.5 Å². The third-order valence-electron chi connectivity index (χ3n) is 6.25. The lowest BCUT2D eigenvalue weighted by Gasteiger charge is -2.31. The summed E-state index contributed by atoms with van der Waals surface area (Å²) in [6.07, 6.45) is 1.71. The van der Waals surface area contributed by atoms with Crippen molar-refractivity contribution < 1.29 is 19.4 Å². The van der Waals surface area contributed by atoms with Gasteiger partial charge in [-0.1, -0.05) is 37.3 Å². The third-order valence-corrected chi connectivity index (χ3v) is 6.25. The first-order valence-electron chi connectivity index (χ1n) is 11.6. The van der Waals surface area contributed by atoms with E-state index in [0.717, 1.165) is 29.7 Å². The number of fused-ring (bicyclic) bond motifs is 1. The molecule has 0 spiro atoms. The molecule has 172 valence electrons. The molecule has 4 rings (SSSR count). The van der Waals surface area contributed by atoms with Gasteiger partial charge in [0.05, 0.1) is 18.7 Å². The number of ether oxygens (including phenoxy) is 2. The average molecular weight is 440 g/mol. The quantitative estimate of drug-likeness (QED) is 0.493. The van der Waals surface area contributed by atoms with Gasteiger partial charge in [-0.3, -0.25) is 4.79 Å². The molecular weight excluding hydrogens is 406 g/mol. The van der Waals surface area contributed by atoms with Gasteiger partial charge >= 0.3 is 0 Å². The molecule has 1 amide bonds. The van der Waals surface area contributed by atoms with E-state index >= 15 is 0 Å². The average Bonchev–Trinajstić information content (AvgIpc) is 3.35. The molecule has 0 aliphatic carbocycles. The number of nitrogens with zero attached hydrogens (tertiary/aromatic N) is 1. The molecule has 7 heteroatoms. The lowest BCUT2D eigenvalue weighted by Crippen LogP contribution is -2.41. The minimum Gasteiger partial charge on any atom is -0.508 e. The van der Waals surface area contributed by atoms with Crippen molar-refractivity contribution in [1.29, 1.82) is 0 Å². The van der Waals surface area contributed by atoms with Crippen LogP contribution in [0.5, 0.6) is 11.5 Å². The monoisotopic (exact) mass is 439 g/mol. The molecule has 2 aromatic rings. The predicted molar refractivity (Wildman–Crippen MR) is 122 cm³/mol. The first-order chi connectivity index (χ1) is 15.7. The highest BCUT2D eigenvalue weighted by atomic mass is 16.5. The van der Waals surface area contributed by atoms with Crippen LogP contribution < -0.4 is 15.6 Å². The summed E-state index contributed by atoms with van der Waals surface area (Å²) in [4.78, 5) is 15.4. The van der Waals surface area contributed by atoms with Crippen LogP contribution in [-0.2, 0) is 9.53 Å². The number of phenols is 1. The van der Waals surface area contributed by atoms with E-state index in [1.54, 1.807) is 6.07 Å². The van der Waals surface area contributed by atoms with Crippen molar-refractivity contribution in [2.45, 2.75) is 44.8 Å². The summed E-state index contributed by atoms with van der Waals surface area (Å²) in [7, 11) is 0. The summed E-state index contributed by atoms with van der Waals surface area (Å²) in [5.41, 5.74) is 8.32. The molecule has 2 aromatic carbocycles. The number of carbonyl (C=O) groups excluding carboxylic acids is 1. The molecule has 2 fully saturated rings. The smallest absolute Gasteiger partial charge is 0.242 e. The van der Waals surface area contributed by atoms with Crippen molar-refractivity contribution in [1.82, 2.24) is 15.8 Å². The van der Waals surface area contributed by atoms with Gasteiger partial charge in [-0.05, 0) is 43.5 Å². The molecule has 0 radical (unpaired) electrons. The number of nitrogens with one attached hydrogen (secondary N) is 2. The highest BCUT2D eigenvalue weighted by Crippen LogP contribution is 2.48. The van der Waals surface area contributed by atoms with E-state index in [9.17, 15) is 9.90 Å². The fourth-order valence-electron chi connectivity index (χ4n) is 4.86. The number of hydrogen-bond donors (Lipinski definition) is 3. The number of hydrogen-bond acceptors (Lipinski definition) is 6. The van der Waals surface area contributed by atoms with Crippen LogP contribution >= 0.6 is 0 Å². The Morgan fingerprint density at radius 1 is 1.03 bits per heavy atom. The topological polar surface area (TPSA) is 83.1 Å². The van der Waals surface area contributed by atoms with Crippen molar-refractivity contribution in [3.05, 3.63) is 59.7 Å². The van der Waals surface area contributed by atoms with E-state index in [-0.39, 0.29) is 35.7 Å². The predicted octanol–water partition coefficient (Wildman–Crippen LogP) is 3.32. The molecule has 0 bridgehead atoms. The minimum atomic E-state index is -0.364. The largest absolute Gasteiger partial charge is 0.508 e. The Morgan fingerprint density at radius 2 is 1.84 bits per heavy atom. The van der Waals surface area contributed by atoms with Crippen LogP contribution in [0, 0.1) is 5.92 Å². The van der Waals surface area contributed by atoms with Gasteiger partial charge in [0.1, 0.15) is 17.5 Å². The van der Waals surface area contributed by atoms with Gasteiger partial charge in [-0.15, -0.1) is 0 Å². The number of rotatable bonds is 10. The second-order valence-corrected chi connectivity index (χ2v) is 8.33. The summed E-state index contributed by atoms with van der Waals surface area (Å²) in [5, 5.41) is 10.5. The molecule has 4 atom stereocenters. The fraction of sp³-hybridized carbons (Fsp3) is 0.480. The zero-order valence-corrected chi connectivity index (χ0v) is 18.8. The number of carbonyl (C=O) groups is 1. The van der Waals surface area contributed by atoms with Crippen LogP contribution in [-0.4, -0.2) is 48.3 Å². The maximum absolute atomic E-state index is 13.4. The van der Waals surface area contributed by atoms with Gasteiger partial charge in [0.25, 0.3) is 0 Å². The van der Waals surface area contributed by atoms with Gasteiger partial charge in [-0.25, -0.2) is 10.9 Å². The molecule has 2 aliphatic rings. The van der Waals surface area contributed by atoms with Gasteiger partial charge in [-0.2, -0.15) is 0 Å². The number of phenolic OH excluding ortho intramolecular Hbond substituents is 1. The van der Waals surface area contributed by atoms with E-state index in [0.29, 0.717) is 26.4 Å². The number of benzene rings is 2. The van der Waals surface area contributed by atoms with Crippen LogP contribution in [0.3, 0.4) is 0 Å². The van der Waals surface area contributed by atoms with Crippen molar-refractivity contribution in [3.63, 3.8) is 0 Å². The van der Waals surface area contributed by atoms with Gasteiger partial charge in [0, 0.05) is 31.2 Å². The Kier molecular flexibility index (Phi) is 7.29. The van der Waals surface area contributed by atoms with Crippen molar-refractivity contribution >= 4 is 5.91 Å². The maximum Gasteiger partial charge on any atom is 0.242 e. The third kappa shape index (κ3) is 4.46. The lowest BCUT2D eigenvalue weighted by atomic mass is 9.83. The second-order valence-electron chi connectivity index (χ2n) is 8.33. The minimum absolute atomic E-state index is 0.0711. The summed E-state index contributed by atoms with van der Waals surface area (Å²) in [6, 6.07) is 14.7. The van der Waals surface area contributed by atoms with Crippen LogP contribution in [0.4, 0.5) is 0 Å². The van der Waals surface area contributed by atoms with Crippen molar-refractivity contribution in [2.24, 2.45) is 5.92 Å². The zero-order valence-electron chi connectivity index (χ0n) is 18.8. The lowest BCUT2D eigenvalue weighted by molar-refractivity contribution is -0.131. The summed E-state index contributed by atoms with van der Waals surface area (Å²) in [5.74, 6) is 1.03. The fourth-order valence-corrected chi connectivity index (χ4v) is 4.86. The Morgan fingerprint density at radius 3 is 2.62 bits per heavy atom. The summed E-state index contributed by atoms with van der Waals surface area (Å²) in [6.45, 7) is 6.61. The Labute approximate surface area is 189 Å². The molecule has 3 N–H and O–H groups in total. The zero-order chi connectivity index (χ0) is 22.5. The number of amides is 1. The normalized spacial score (nSPS) is 24.7. The van der Waals surface area contributed by atoms with E-state index in [1.165, 1.54) is 0 Å². The Hall–Kier alpha value is -2.61. The van der Waals surface area contributed by atoms with Crippen LogP contribution in [0.25, 0.3) is 0 Å². The van der Waals surface area contributed by atoms with E-state index in [4.69, 9.17) is 9.47 Å². The highest BCUT2D eigenvalue weighted by Gasteiger charge is 2.55. The maximum atomic E-state index is 13.4. The molecular formula is C25H33N3O4. The second kappa shape index (κ2) is 10.3. The van der Waals surface area contributed by atoms with Crippen LogP contribution in [0.15, 0.2) is 48.5 Å². The van der Waals surface area contributed by atoms with Crippen LogP contribution in [0.2, 0.25) is 0 Å². The van der Waals surface area contributed by atoms with Crippen LogP contribution in [0.1, 0.15) is 49.9 Å². The molecule has 32 heavy (non-hydrogen) atoms. The summed E-state index contributed by atoms with van der Waals surface area (Å²) >= 11 is 0. The van der Waals surface area contributed by atoms with Gasteiger partial charge in [0.15, 0.2) is 0 Å². The van der Waals surface area contributed by atoms with E-state index in [1.807, 2.05) is 48.2 Å². The molecule has 7 nitrogen and oxygen atoms in total. The first kappa shape index (κ1) is 22.6. The molecule has 0 aromatic heterocycles. The van der Waals surface area contributed by atoms with Gasteiger partial charge < -0.3 is 19.5 Å². The molecule has 2 heterocycles. The van der Waals surface area contributed by atoms with Crippen molar-refractivity contribution in [2.75, 3.05) is 26.4 Å². The summed E-state index contributed by atoms with van der Waals surface area (Å²) < 4.78 is 11.4. The highest BCUT2D eigenvalue weighted by molar-refractivity contribution is 5.86. The number of para-hydroxylation sites is 1.